The molecular formula is C11H15NO3. The topological polar surface area (TPSA) is 69.6 Å². The molecule has 0 bridgehead atoms. The van der Waals surface area contributed by atoms with E-state index in [9.17, 15) is 9.90 Å². The van der Waals surface area contributed by atoms with Gasteiger partial charge >= 0.3 is 5.97 Å². The summed E-state index contributed by atoms with van der Waals surface area (Å²) >= 11 is 0. The van der Waals surface area contributed by atoms with E-state index in [1.54, 1.807) is 6.92 Å². The second kappa shape index (κ2) is 5.48. The number of hydrogen-bond donors (Lipinski definition) is 3. The fraction of sp³-hybridized carbons (Fsp3) is 0.364. The average molecular weight is 209 g/mol. The van der Waals surface area contributed by atoms with Gasteiger partial charge in [0.05, 0.1) is 12.6 Å². The summed E-state index contributed by atoms with van der Waals surface area (Å²) in [7, 11) is 0. The van der Waals surface area contributed by atoms with E-state index in [1.807, 2.05) is 30.3 Å². The number of carboxylic acid groups (broad SMARTS) is 1. The van der Waals surface area contributed by atoms with Crippen LogP contribution in [-0.4, -0.2) is 28.8 Å². The van der Waals surface area contributed by atoms with Crippen LogP contribution >= 0.6 is 0 Å². The fourth-order valence-corrected chi connectivity index (χ4v) is 1.30. The van der Waals surface area contributed by atoms with Crippen molar-refractivity contribution in [3.05, 3.63) is 35.9 Å². The number of nitrogens with one attached hydrogen (secondary N) is 1. The SMILES string of the molecule is C[C@H](NCC(=O)O)[C@H](O)c1ccccc1. The molecule has 0 saturated heterocycles. The molecule has 0 aliphatic carbocycles. The second-order valence-corrected chi connectivity index (χ2v) is 3.42. The number of hydrogen-bond acceptors (Lipinski definition) is 3. The summed E-state index contributed by atoms with van der Waals surface area (Å²) in [5, 5.41) is 21.0. The Kier molecular flexibility index (Phi) is 4.27. The van der Waals surface area contributed by atoms with E-state index >= 15 is 0 Å². The van der Waals surface area contributed by atoms with Gasteiger partial charge < -0.3 is 15.5 Å². The number of rotatable bonds is 5. The van der Waals surface area contributed by atoms with Gasteiger partial charge in [0, 0.05) is 6.04 Å². The minimum absolute atomic E-state index is 0.148. The zero-order valence-electron chi connectivity index (χ0n) is 8.55. The van der Waals surface area contributed by atoms with E-state index in [0.717, 1.165) is 5.56 Å². The molecule has 82 valence electrons. The number of carbonyl (C=O) groups is 1. The molecule has 0 fully saturated rings. The van der Waals surface area contributed by atoms with E-state index in [4.69, 9.17) is 5.11 Å². The second-order valence-electron chi connectivity index (χ2n) is 3.42. The molecule has 0 aliphatic rings. The van der Waals surface area contributed by atoms with Gasteiger partial charge in [-0.1, -0.05) is 30.3 Å². The van der Waals surface area contributed by atoms with Crippen LogP contribution in [0.4, 0.5) is 0 Å². The molecule has 4 heteroatoms. The van der Waals surface area contributed by atoms with Crippen molar-refractivity contribution in [1.29, 1.82) is 0 Å². The maximum Gasteiger partial charge on any atom is 0.317 e. The Morgan fingerprint density at radius 2 is 2.00 bits per heavy atom. The molecular weight excluding hydrogens is 194 g/mol. The van der Waals surface area contributed by atoms with Crippen molar-refractivity contribution in [1.82, 2.24) is 5.32 Å². The summed E-state index contributed by atoms with van der Waals surface area (Å²) in [5.41, 5.74) is 0.780. The lowest BCUT2D eigenvalue weighted by atomic mass is 10.0. The highest BCUT2D eigenvalue weighted by atomic mass is 16.4. The molecule has 0 heterocycles. The Morgan fingerprint density at radius 1 is 1.40 bits per heavy atom. The Hall–Kier alpha value is -1.39. The first-order valence-electron chi connectivity index (χ1n) is 4.79. The van der Waals surface area contributed by atoms with Crippen molar-refractivity contribution in [3.63, 3.8) is 0 Å². The van der Waals surface area contributed by atoms with Crippen LogP contribution in [0.15, 0.2) is 30.3 Å². The van der Waals surface area contributed by atoms with Crippen LogP contribution in [0, 0.1) is 0 Å². The Morgan fingerprint density at radius 3 is 2.53 bits per heavy atom. The lowest BCUT2D eigenvalue weighted by molar-refractivity contribution is -0.136. The highest BCUT2D eigenvalue weighted by molar-refractivity contribution is 5.69. The summed E-state index contributed by atoms with van der Waals surface area (Å²) in [6.45, 7) is 1.60. The molecule has 0 amide bonds. The zero-order valence-corrected chi connectivity index (χ0v) is 8.55. The summed E-state index contributed by atoms with van der Waals surface area (Å²) in [4.78, 5) is 10.3. The lowest BCUT2D eigenvalue weighted by Crippen LogP contribution is -2.35. The van der Waals surface area contributed by atoms with Gasteiger partial charge in [0.2, 0.25) is 0 Å². The minimum atomic E-state index is -0.929. The third kappa shape index (κ3) is 3.69. The number of aliphatic carboxylic acids is 1. The summed E-state index contributed by atoms with van der Waals surface area (Å²) < 4.78 is 0. The number of aliphatic hydroxyl groups is 1. The quantitative estimate of drug-likeness (QED) is 0.670. The van der Waals surface area contributed by atoms with Crippen molar-refractivity contribution in [2.45, 2.75) is 19.1 Å². The Labute approximate surface area is 88.6 Å². The monoisotopic (exact) mass is 209 g/mol. The molecule has 1 aromatic carbocycles. The van der Waals surface area contributed by atoms with E-state index < -0.39 is 12.1 Å². The summed E-state index contributed by atoms with van der Waals surface area (Å²) in [6, 6.07) is 8.87. The van der Waals surface area contributed by atoms with Crippen LogP contribution in [-0.2, 0) is 4.79 Å². The third-order valence-corrected chi connectivity index (χ3v) is 2.19. The van der Waals surface area contributed by atoms with Crippen molar-refractivity contribution in [2.75, 3.05) is 6.54 Å². The van der Waals surface area contributed by atoms with Crippen molar-refractivity contribution < 1.29 is 15.0 Å². The van der Waals surface area contributed by atoms with Crippen LogP contribution in [0.2, 0.25) is 0 Å². The number of aliphatic hydroxyl groups excluding tert-OH is 1. The lowest BCUT2D eigenvalue weighted by Gasteiger charge is -2.19. The van der Waals surface area contributed by atoms with Gasteiger partial charge in [0.25, 0.3) is 0 Å². The molecule has 0 unspecified atom stereocenters. The Balaban J connectivity index is 2.53. The minimum Gasteiger partial charge on any atom is -0.480 e. The molecule has 1 aromatic rings. The van der Waals surface area contributed by atoms with Crippen LogP contribution in [0.3, 0.4) is 0 Å². The first-order chi connectivity index (χ1) is 7.11. The largest absolute Gasteiger partial charge is 0.480 e. The van der Waals surface area contributed by atoms with E-state index in [2.05, 4.69) is 5.32 Å². The highest BCUT2D eigenvalue weighted by Crippen LogP contribution is 2.15. The molecule has 15 heavy (non-hydrogen) atoms. The van der Waals surface area contributed by atoms with Crippen LogP contribution < -0.4 is 5.32 Å². The maximum atomic E-state index is 10.3. The molecule has 2 atom stereocenters. The van der Waals surface area contributed by atoms with Crippen LogP contribution in [0.25, 0.3) is 0 Å². The fourth-order valence-electron chi connectivity index (χ4n) is 1.30. The Bertz CT molecular complexity index is 313. The average Bonchev–Trinajstić information content (AvgIpc) is 2.26. The molecule has 0 aromatic heterocycles. The predicted molar refractivity (Wildman–Crippen MR) is 56.5 cm³/mol. The predicted octanol–water partition coefficient (Wildman–Crippen LogP) is 0.783. The first-order valence-corrected chi connectivity index (χ1v) is 4.79. The van der Waals surface area contributed by atoms with Crippen molar-refractivity contribution in [3.8, 4) is 0 Å². The van der Waals surface area contributed by atoms with E-state index in [0.29, 0.717) is 0 Å². The van der Waals surface area contributed by atoms with Gasteiger partial charge in [-0.15, -0.1) is 0 Å². The van der Waals surface area contributed by atoms with E-state index in [1.165, 1.54) is 0 Å². The van der Waals surface area contributed by atoms with Gasteiger partial charge in [-0.2, -0.15) is 0 Å². The van der Waals surface area contributed by atoms with Crippen LogP contribution in [0.1, 0.15) is 18.6 Å². The molecule has 4 nitrogen and oxygen atoms in total. The third-order valence-electron chi connectivity index (χ3n) is 2.19. The highest BCUT2D eigenvalue weighted by Gasteiger charge is 2.15. The molecule has 0 aliphatic heterocycles. The summed E-state index contributed by atoms with van der Waals surface area (Å²) in [6.07, 6.45) is -0.689. The first kappa shape index (κ1) is 11.7. The molecule has 0 saturated carbocycles. The smallest absolute Gasteiger partial charge is 0.317 e. The number of benzene rings is 1. The van der Waals surface area contributed by atoms with Gasteiger partial charge in [0.15, 0.2) is 0 Å². The standard InChI is InChI=1S/C11H15NO3/c1-8(12-7-10(13)14)11(15)9-5-3-2-4-6-9/h2-6,8,11-12,15H,7H2,1H3,(H,13,14)/t8-,11-/m0/s1. The van der Waals surface area contributed by atoms with Gasteiger partial charge in [0.1, 0.15) is 0 Å². The maximum absolute atomic E-state index is 10.3. The van der Waals surface area contributed by atoms with E-state index in [-0.39, 0.29) is 12.6 Å². The van der Waals surface area contributed by atoms with Crippen molar-refractivity contribution >= 4 is 5.97 Å². The van der Waals surface area contributed by atoms with Crippen LogP contribution in [0.5, 0.6) is 0 Å². The number of carboxylic acids is 1. The zero-order chi connectivity index (χ0) is 11.3. The molecule has 3 N–H and O–H groups in total. The molecule has 0 spiro atoms. The van der Waals surface area contributed by atoms with Crippen molar-refractivity contribution in [2.24, 2.45) is 0 Å². The van der Waals surface area contributed by atoms with Gasteiger partial charge in [-0.25, -0.2) is 0 Å². The molecule has 0 radical (unpaired) electrons. The van der Waals surface area contributed by atoms with Gasteiger partial charge in [-0.05, 0) is 12.5 Å². The summed E-state index contributed by atoms with van der Waals surface area (Å²) in [5.74, 6) is -0.929. The molecule has 1 rings (SSSR count). The van der Waals surface area contributed by atoms with Gasteiger partial charge in [-0.3, -0.25) is 4.79 Å². The normalized spacial score (nSPS) is 14.5.